The van der Waals surface area contributed by atoms with Crippen LogP contribution < -0.4 is 0 Å². The predicted molar refractivity (Wildman–Crippen MR) is 46.8 cm³/mol. The number of aromatic carboxylic acids is 1. The molecule has 2 rings (SSSR count). The SMILES string of the molecule is N#Cc1nc(C(=O)O)n2c1CCCC2. The number of carboxylic acids is 1. The molecule has 0 amide bonds. The summed E-state index contributed by atoms with van der Waals surface area (Å²) in [5.41, 5.74) is 1.04. The van der Waals surface area contributed by atoms with Gasteiger partial charge in [-0.2, -0.15) is 5.26 Å². The molecule has 5 nitrogen and oxygen atoms in total. The van der Waals surface area contributed by atoms with Crippen LogP contribution in [0.3, 0.4) is 0 Å². The maximum atomic E-state index is 10.8. The monoisotopic (exact) mass is 191 g/mol. The van der Waals surface area contributed by atoms with Gasteiger partial charge in [0.15, 0.2) is 5.69 Å². The zero-order valence-corrected chi connectivity index (χ0v) is 7.53. The van der Waals surface area contributed by atoms with Crippen LogP contribution in [0.15, 0.2) is 0 Å². The van der Waals surface area contributed by atoms with Crippen molar-refractivity contribution in [3.05, 3.63) is 17.2 Å². The van der Waals surface area contributed by atoms with E-state index in [9.17, 15) is 4.79 Å². The lowest BCUT2D eigenvalue weighted by atomic mass is 10.1. The van der Waals surface area contributed by atoms with Crippen LogP contribution in [0.25, 0.3) is 0 Å². The van der Waals surface area contributed by atoms with E-state index in [4.69, 9.17) is 10.4 Å². The first kappa shape index (κ1) is 8.75. The Bertz CT molecular complexity index is 428. The minimum Gasteiger partial charge on any atom is -0.475 e. The van der Waals surface area contributed by atoms with E-state index >= 15 is 0 Å². The molecule has 2 heterocycles. The lowest BCUT2D eigenvalue weighted by Crippen LogP contribution is -2.16. The zero-order chi connectivity index (χ0) is 10.1. The number of hydrogen-bond donors (Lipinski definition) is 1. The van der Waals surface area contributed by atoms with Crippen molar-refractivity contribution in [3.8, 4) is 6.07 Å². The molecule has 1 aromatic heterocycles. The lowest BCUT2D eigenvalue weighted by Gasteiger charge is -2.14. The second-order valence-electron chi connectivity index (χ2n) is 3.26. The quantitative estimate of drug-likeness (QED) is 0.711. The Morgan fingerprint density at radius 3 is 3.00 bits per heavy atom. The van der Waals surface area contributed by atoms with Gasteiger partial charge in [0.2, 0.25) is 5.82 Å². The summed E-state index contributed by atoms with van der Waals surface area (Å²) in [5, 5.41) is 17.6. The van der Waals surface area contributed by atoms with Gasteiger partial charge in [0, 0.05) is 6.54 Å². The largest absolute Gasteiger partial charge is 0.475 e. The second kappa shape index (κ2) is 3.14. The van der Waals surface area contributed by atoms with Gasteiger partial charge in [-0.25, -0.2) is 9.78 Å². The molecule has 5 heteroatoms. The highest BCUT2D eigenvalue weighted by Crippen LogP contribution is 2.20. The van der Waals surface area contributed by atoms with E-state index in [0.717, 1.165) is 25.0 Å². The molecular formula is C9H9N3O2. The van der Waals surface area contributed by atoms with Gasteiger partial charge < -0.3 is 9.67 Å². The van der Waals surface area contributed by atoms with Crippen molar-refractivity contribution in [2.75, 3.05) is 0 Å². The van der Waals surface area contributed by atoms with Crippen molar-refractivity contribution >= 4 is 5.97 Å². The van der Waals surface area contributed by atoms with Gasteiger partial charge in [-0.15, -0.1) is 0 Å². The predicted octanol–water partition coefficient (Wildman–Crippen LogP) is 0.789. The van der Waals surface area contributed by atoms with Crippen LogP contribution >= 0.6 is 0 Å². The molecule has 0 aliphatic carbocycles. The molecule has 0 aromatic carbocycles. The Morgan fingerprint density at radius 2 is 2.36 bits per heavy atom. The Labute approximate surface area is 80.6 Å². The molecular weight excluding hydrogens is 182 g/mol. The van der Waals surface area contributed by atoms with E-state index in [0.29, 0.717) is 6.54 Å². The Balaban J connectivity index is 2.59. The number of carboxylic acid groups (broad SMARTS) is 1. The molecule has 0 bridgehead atoms. The minimum absolute atomic E-state index is 0.00347. The fourth-order valence-corrected chi connectivity index (χ4v) is 1.80. The molecule has 0 saturated heterocycles. The Hall–Kier alpha value is -1.83. The van der Waals surface area contributed by atoms with Crippen molar-refractivity contribution in [3.63, 3.8) is 0 Å². The van der Waals surface area contributed by atoms with Gasteiger partial charge in [-0.3, -0.25) is 0 Å². The molecule has 0 spiro atoms. The second-order valence-corrected chi connectivity index (χ2v) is 3.26. The number of carbonyl (C=O) groups is 1. The maximum Gasteiger partial charge on any atom is 0.372 e. The highest BCUT2D eigenvalue weighted by atomic mass is 16.4. The number of aromatic nitrogens is 2. The molecule has 0 unspecified atom stereocenters. The van der Waals surface area contributed by atoms with E-state index in [-0.39, 0.29) is 11.5 Å². The maximum absolute atomic E-state index is 10.8. The van der Waals surface area contributed by atoms with Gasteiger partial charge >= 0.3 is 5.97 Å². The van der Waals surface area contributed by atoms with E-state index in [2.05, 4.69) is 4.98 Å². The topological polar surface area (TPSA) is 78.9 Å². The average Bonchev–Trinajstić information content (AvgIpc) is 2.56. The van der Waals surface area contributed by atoms with Crippen LogP contribution in [0, 0.1) is 11.3 Å². The summed E-state index contributed by atoms with van der Waals surface area (Å²) in [6, 6.07) is 1.94. The first-order valence-electron chi connectivity index (χ1n) is 4.47. The molecule has 72 valence electrons. The molecule has 14 heavy (non-hydrogen) atoms. The van der Waals surface area contributed by atoms with Crippen molar-refractivity contribution < 1.29 is 9.90 Å². The van der Waals surface area contributed by atoms with E-state index in [1.54, 1.807) is 4.57 Å². The van der Waals surface area contributed by atoms with Crippen molar-refractivity contribution in [2.24, 2.45) is 0 Å². The van der Waals surface area contributed by atoms with Crippen LogP contribution in [0.5, 0.6) is 0 Å². The van der Waals surface area contributed by atoms with Gasteiger partial charge in [-0.05, 0) is 19.3 Å². The Kier molecular flexibility index (Phi) is 1.97. The first-order chi connectivity index (χ1) is 6.74. The highest BCUT2D eigenvalue weighted by Gasteiger charge is 2.23. The van der Waals surface area contributed by atoms with Crippen LogP contribution in [-0.2, 0) is 13.0 Å². The fraction of sp³-hybridized carbons (Fsp3) is 0.444. The van der Waals surface area contributed by atoms with Crippen molar-refractivity contribution in [1.29, 1.82) is 5.26 Å². The molecule has 0 atom stereocenters. The Morgan fingerprint density at radius 1 is 1.57 bits per heavy atom. The van der Waals surface area contributed by atoms with Gasteiger partial charge in [0.05, 0.1) is 5.69 Å². The summed E-state index contributed by atoms with van der Waals surface area (Å²) < 4.78 is 1.64. The third-order valence-electron chi connectivity index (χ3n) is 2.42. The van der Waals surface area contributed by atoms with Gasteiger partial charge in [0.25, 0.3) is 0 Å². The number of rotatable bonds is 1. The first-order valence-corrected chi connectivity index (χ1v) is 4.47. The number of fused-ring (bicyclic) bond motifs is 1. The summed E-state index contributed by atoms with van der Waals surface area (Å²) in [5.74, 6) is -1.06. The average molecular weight is 191 g/mol. The smallest absolute Gasteiger partial charge is 0.372 e. The van der Waals surface area contributed by atoms with Crippen molar-refractivity contribution in [1.82, 2.24) is 9.55 Å². The van der Waals surface area contributed by atoms with E-state index in [1.807, 2.05) is 6.07 Å². The number of imidazole rings is 1. The van der Waals surface area contributed by atoms with Gasteiger partial charge in [0.1, 0.15) is 6.07 Å². The lowest BCUT2D eigenvalue weighted by molar-refractivity contribution is 0.0677. The van der Waals surface area contributed by atoms with Crippen molar-refractivity contribution in [2.45, 2.75) is 25.8 Å². The summed E-state index contributed by atoms with van der Waals surface area (Å²) in [6.07, 6.45) is 2.71. The van der Waals surface area contributed by atoms with Crippen LogP contribution in [0.2, 0.25) is 0 Å². The summed E-state index contributed by atoms with van der Waals surface area (Å²) in [4.78, 5) is 14.6. The van der Waals surface area contributed by atoms with E-state index < -0.39 is 5.97 Å². The van der Waals surface area contributed by atoms with E-state index in [1.165, 1.54) is 0 Å². The summed E-state index contributed by atoms with van der Waals surface area (Å²) in [7, 11) is 0. The number of nitriles is 1. The highest BCUT2D eigenvalue weighted by molar-refractivity contribution is 5.84. The number of hydrogen-bond acceptors (Lipinski definition) is 3. The standard InChI is InChI=1S/C9H9N3O2/c10-5-6-7-3-1-2-4-12(7)8(11-6)9(13)14/h1-4H2,(H,13,14). The summed E-state index contributed by atoms with van der Waals surface area (Å²) >= 11 is 0. The molecule has 0 saturated carbocycles. The molecule has 1 aromatic rings. The molecule has 1 N–H and O–H groups in total. The van der Waals surface area contributed by atoms with Crippen LogP contribution in [-0.4, -0.2) is 20.6 Å². The fourth-order valence-electron chi connectivity index (χ4n) is 1.80. The van der Waals surface area contributed by atoms with Crippen LogP contribution in [0.4, 0.5) is 0 Å². The number of nitrogens with zero attached hydrogens (tertiary/aromatic N) is 3. The molecule has 1 aliphatic heterocycles. The van der Waals surface area contributed by atoms with Crippen LogP contribution in [0.1, 0.15) is 34.8 Å². The zero-order valence-electron chi connectivity index (χ0n) is 7.53. The summed E-state index contributed by atoms with van der Waals surface area (Å²) in [6.45, 7) is 0.658. The molecule has 1 aliphatic rings. The molecule has 0 radical (unpaired) electrons. The third-order valence-corrected chi connectivity index (χ3v) is 2.42. The molecule has 0 fully saturated rings. The van der Waals surface area contributed by atoms with Gasteiger partial charge in [-0.1, -0.05) is 0 Å². The normalized spacial score (nSPS) is 14.5. The third kappa shape index (κ3) is 1.16. The minimum atomic E-state index is -1.06.